The van der Waals surface area contributed by atoms with Gasteiger partial charge in [0, 0.05) is 22.3 Å². The molecular formula is C40H68O9P3+. The Morgan fingerprint density at radius 2 is 0.712 bits per heavy atom. The normalized spacial score (nSPS) is 13.4. The highest BCUT2D eigenvalue weighted by Crippen LogP contribution is 2.54. The fourth-order valence-corrected chi connectivity index (χ4v) is 9.87. The van der Waals surface area contributed by atoms with Crippen molar-refractivity contribution in [2.75, 3.05) is 39.1 Å². The lowest BCUT2D eigenvalue weighted by Gasteiger charge is -2.31. The van der Waals surface area contributed by atoms with Gasteiger partial charge in [-0.1, -0.05) is 112 Å². The monoisotopic (exact) mass is 785 g/mol. The summed E-state index contributed by atoms with van der Waals surface area (Å²) in [4.78, 5) is 0. The smallest absolute Gasteiger partial charge is 0.420 e. The molecule has 0 aliphatic rings. The molecule has 0 unspecified atom stereocenters. The van der Waals surface area contributed by atoms with E-state index in [-0.39, 0.29) is 73.1 Å². The second-order valence-corrected chi connectivity index (χ2v) is 22.9. The molecule has 0 amide bonds. The van der Waals surface area contributed by atoms with Crippen LogP contribution in [0.2, 0.25) is 0 Å². The molecule has 0 aromatic heterocycles. The number of benzene rings is 2. The Hall–Kier alpha value is -1.56. The van der Waals surface area contributed by atoms with E-state index in [4.69, 9.17) is 27.6 Å². The molecule has 296 valence electrons. The summed E-state index contributed by atoms with van der Waals surface area (Å²) >= 11 is 0. The van der Waals surface area contributed by atoms with Crippen molar-refractivity contribution in [3.8, 4) is 11.5 Å². The zero-order valence-electron chi connectivity index (χ0n) is 35.0. The van der Waals surface area contributed by atoms with Crippen LogP contribution in [0, 0.1) is 0 Å². The van der Waals surface area contributed by atoms with Crippen LogP contribution in [-0.2, 0) is 65.8 Å². The zero-order valence-corrected chi connectivity index (χ0v) is 37.7. The van der Waals surface area contributed by atoms with Crippen LogP contribution in [0.4, 0.5) is 0 Å². The minimum atomic E-state index is -3.35. The van der Waals surface area contributed by atoms with Gasteiger partial charge < -0.3 is 27.6 Å². The van der Waals surface area contributed by atoms with Gasteiger partial charge in [-0.3, -0.25) is 9.13 Å². The predicted molar refractivity (Wildman–Crippen MR) is 215 cm³/mol. The third-order valence-corrected chi connectivity index (χ3v) is 13.2. The van der Waals surface area contributed by atoms with Crippen molar-refractivity contribution in [2.45, 2.75) is 145 Å². The average molecular weight is 786 g/mol. The SMILES string of the molecule is CCOP(=O)(Cc1cc(C(C)(C)C)c(OC[P+](=O)COc2c(C(C)(C)C)cc(CP(=O)(OCC)OCC)cc2C(C)(C)C)c(C(C)(C)C)c1)OCC. The second-order valence-electron chi connectivity index (χ2n) is 17.3. The largest absolute Gasteiger partial charge is 0.448 e. The summed E-state index contributed by atoms with van der Waals surface area (Å²) in [5.74, 6) is 1.36. The summed E-state index contributed by atoms with van der Waals surface area (Å²) in [5, 5.41) is 0. The molecular weight excluding hydrogens is 717 g/mol. The molecule has 0 aliphatic carbocycles. The molecule has 0 saturated carbocycles. The third-order valence-electron chi connectivity index (χ3n) is 8.29. The highest BCUT2D eigenvalue weighted by Gasteiger charge is 2.35. The zero-order chi connectivity index (χ0) is 39.9. The summed E-state index contributed by atoms with van der Waals surface area (Å²) < 4.78 is 76.4. The second kappa shape index (κ2) is 18.4. The van der Waals surface area contributed by atoms with Gasteiger partial charge in [0.2, 0.25) is 0 Å². The average Bonchev–Trinajstić information content (AvgIpc) is 2.97. The topological polar surface area (TPSA) is 107 Å². The summed E-state index contributed by atoms with van der Waals surface area (Å²) in [6, 6.07) is 8.06. The highest BCUT2D eigenvalue weighted by molar-refractivity contribution is 7.53. The first kappa shape index (κ1) is 46.6. The molecule has 0 atom stereocenters. The molecule has 2 aromatic rings. The Bertz CT molecular complexity index is 1400. The van der Waals surface area contributed by atoms with Gasteiger partial charge >= 0.3 is 23.0 Å². The fraction of sp³-hybridized carbons (Fsp3) is 0.700. The minimum Gasteiger partial charge on any atom is -0.448 e. The number of ether oxygens (including phenoxy) is 2. The highest BCUT2D eigenvalue weighted by atomic mass is 31.2. The Morgan fingerprint density at radius 3 is 0.904 bits per heavy atom. The molecule has 0 bridgehead atoms. The van der Waals surface area contributed by atoms with E-state index in [0.29, 0.717) is 11.5 Å². The van der Waals surface area contributed by atoms with Crippen LogP contribution < -0.4 is 9.47 Å². The molecule has 0 radical (unpaired) electrons. The summed E-state index contributed by atoms with van der Waals surface area (Å²) in [6.45, 7) is 33.6. The van der Waals surface area contributed by atoms with E-state index < -0.39 is 23.0 Å². The molecule has 0 aliphatic heterocycles. The van der Waals surface area contributed by atoms with Crippen molar-refractivity contribution in [1.82, 2.24) is 0 Å². The van der Waals surface area contributed by atoms with Crippen LogP contribution >= 0.6 is 23.0 Å². The Labute approximate surface area is 316 Å². The molecule has 0 spiro atoms. The maximum absolute atomic E-state index is 13.8. The predicted octanol–water partition coefficient (Wildman–Crippen LogP) is 12.6. The molecule has 0 fully saturated rings. The van der Waals surface area contributed by atoms with Gasteiger partial charge in [0.1, 0.15) is 11.5 Å². The van der Waals surface area contributed by atoms with E-state index in [0.717, 1.165) is 33.4 Å². The van der Waals surface area contributed by atoms with E-state index in [9.17, 15) is 13.7 Å². The molecule has 2 aromatic carbocycles. The van der Waals surface area contributed by atoms with Crippen molar-refractivity contribution in [3.63, 3.8) is 0 Å². The van der Waals surface area contributed by atoms with Crippen molar-refractivity contribution in [1.29, 1.82) is 0 Å². The van der Waals surface area contributed by atoms with Crippen LogP contribution in [0.15, 0.2) is 24.3 Å². The van der Waals surface area contributed by atoms with Gasteiger partial charge in [-0.2, -0.15) is 0 Å². The minimum absolute atomic E-state index is 0.0447. The van der Waals surface area contributed by atoms with Crippen molar-refractivity contribution in [2.24, 2.45) is 0 Å². The first-order valence-electron chi connectivity index (χ1n) is 18.5. The molecule has 0 N–H and O–H groups in total. The molecule has 2 rings (SSSR count). The number of rotatable bonds is 18. The van der Waals surface area contributed by atoms with Crippen molar-refractivity contribution < 1.29 is 41.3 Å². The van der Waals surface area contributed by atoms with Gasteiger partial charge in [-0.05, 0) is 60.5 Å². The first-order chi connectivity index (χ1) is 23.7. The maximum Gasteiger partial charge on any atom is 0.420 e. The Balaban J connectivity index is 2.54. The van der Waals surface area contributed by atoms with Crippen LogP contribution in [0.1, 0.15) is 144 Å². The lowest BCUT2D eigenvalue weighted by Crippen LogP contribution is -2.21. The van der Waals surface area contributed by atoms with Gasteiger partial charge in [-0.25, -0.2) is 0 Å². The van der Waals surface area contributed by atoms with Gasteiger partial charge in [-0.15, -0.1) is 0 Å². The van der Waals surface area contributed by atoms with E-state index in [1.807, 2.05) is 52.0 Å². The fourth-order valence-electron chi connectivity index (χ4n) is 5.90. The van der Waals surface area contributed by atoms with E-state index in [2.05, 4.69) is 83.1 Å². The van der Waals surface area contributed by atoms with Gasteiger partial charge in [0.25, 0.3) is 12.7 Å². The summed E-state index contributed by atoms with van der Waals surface area (Å²) in [7, 11) is -8.67. The first-order valence-corrected chi connectivity index (χ1v) is 23.6. The lowest BCUT2D eigenvalue weighted by molar-refractivity contribution is 0.218. The molecule has 0 heterocycles. The van der Waals surface area contributed by atoms with E-state index in [1.165, 1.54) is 0 Å². The van der Waals surface area contributed by atoms with Gasteiger partial charge in [0.15, 0.2) is 0 Å². The summed E-state index contributed by atoms with van der Waals surface area (Å²) in [6.07, 6.45) is 0.194. The maximum atomic E-state index is 13.8. The van der Waals surface area contributed by atoms with Gasteiger partial charge in [0.05, 0.1) is 38.8 Å². The molecule has 9 nitrogen and oxygen atoms in total. The molecule has 0 saturated heterocycles. The quantitative estimate of drug-likeness (QED) is 0.137. The number of hydrogen-bond donors (Lipinski definition) is 0. The third kappa shape index (κ3) is 13.3. The van der Waals surface area contributed by atoms with Crippen LogP contribution in [0.3, 0.4) is 0 Å². The lowest BCUT2D eigenvalue weighted by atomic mass is 9.78. The number of hydrogen-bond acceptors (Lipinski definition) is 9. The van der Waals surface area contributed by atoms with E-state index in [1.54, 1.807) is 0 Å². The van der Waals surface area contributed by atoms with Crippen LogP contribution in [-0.4, -0.2) is 39.1 Å². The Kier molecular flexibility index (Phi) is 16.5. The standard InChI is InChI=1S/C40H68O9P3/c1-17-46-51(42,47-18-2)25-29-21-31(37(5,6)7)35(32(22-29)38(8,9)10)44-27-50(41)28-45-36-33(39(11,12)13)23-30(24-34(36)40(14,15)16)26-52(43,48-19-3)49-20-4/h21-24H,17-20,25-28H2,1-16H3/q+1. The van der Waals surface area contributed by atoms with Crippen LogP contribution in [0.25, 0.3) is 0 Å². The van der Waals surface area contributed by atoms with Crippen LogP contribution in [0.5, 0.6) is 11.5 Å². The van der Waals surface area contributed by atoms with Crippen molar-refractivity contribution in [3.05, 3.63) is 57.6 Å². The van der Waals surface area contributed by atoms with E-state index >= 15 is 0 Å². The van der Waals surface area contributed by atoms with Crippen molar-refractivity contribution >= 4 is 23.0 Å². The molecule has 52 heavy (non-hydrogen) atoms. The Morgan fingerprint density at radius 1 is 0.481 bits per heavy atom. The summed E-state index contributed by atoms with van der Waals surface area (Å²) in [5.41, 5.74) is 4.03. The molecule has 12 heteroatoms.